The van der Waals surface area contributed by atoms with Gasteiger partial charge in [0.2, 0.25) is 10.8 Å². The summed E-state index contributed by atoms with van der Waals surface area (Å²) in [6, 6.07) is 17.0. The highest BCUT2D eigenvalue weighted by atomic mass is 19.4. The zero-order chi connectivity index (χ0) is 60.8. The summed E-state index contributed by atoms with van der Waals surface area (Å²) in [7, 11) is 0. The lowest BCUT2D eigenvalue weighted by Crippen LogP contribution is -2.54. The average Bonchev–Trinajstić information content (AvgIpc) is 3.36. The molecule has 0 amide bonds. The van der Waals surface area contributed by atoms with Crippen molar-refractivity contribution in [1.29, 1.82) is 0 Å². The molecular formula is C64H104F12. The minimum Gasteiger partial charge on any atom is -0.169 e. The van der Waals surface area contributed by atoms with Crippen molar-refractivity contribution in [3.05, 3.63) is 142 Å². The molecule has 0 heterocycles. The van der Waals surface area contributed by atoms with Crippen LogP contribution in [0.3, 0.4) is 0 Å². The van der Waals surface area contributed by atoms with E-state index in [1.54, 1.807) is 27.7 Å². The van der Waals surface area contributed by atoms with E-state index in [2.05, 4.69) is 111 Å². The maximum Gasteiger partial charge on any atom is 0.411 e. The van der Waals surface area contributed by atoms with Gasteiger partial charge in [0.05, 0.1) is 0 Å². The molecule has 0 spiro atoms. The lowest BCUT2D eigenvalue weighted by atomic mass is 9.72. The fraction of sp³-hybridized carbons (Fsp3) is 0.625. The lowest BCUT2D eigenvalue weighted by Gasteiger charge is -2.38. The second kappa shape index (κ2) is 47.1. The highest BCUT2D eigenvalue weighted by Gasteiger charge is 2.73. The Morgan fingerprint density at radius 1 is 0.211 bits per heavy atom. The second-order valence-corrected chi connectivity index (χ2v) is 18.4. The van der Waals surface area contributed by atoms with E-state index in [1.165, 1.54) is 138 Å². The molecule has 12 heteroatoms. The third-order valence-electron chi connectivity index (χ3n) is 10.6. The summed E-state index contributed by atoms with van der Waals surface area (Å²) in [5.74, 6) is 0. The number of unbranched alkanes of at least 4 members (excludes halogenated alkanes) is 6. The molecule has 4 aromatic carbocycles. The second-order valence-electron chi connectivity index (χ2n) is 18.4. The number of aryl methyl sites for hydroxylation is 4. The zero-order valence-corrected chi connectivity index (χ0v) is 50.7. The highest BCUT2D eigenvalue weighted by Crippen LogP contribution is 2.57. The van der Waals surface area contributed by atoms with Gasteiger partial charge in [0, 0.05) is 0 Å². The van der Waals surface area contributed by atoms with Gasteiger partial charge < -0.3 is 0 Å². The molecule has 0 nitrogen and oxygen atoms in total. The van der Waals surface area contributed by atoms with Crippen LogP contribution in [0.1, 0.15) is 245 Å². The summed E-state index contributed by atoms with van der Waals surface area (Å²) in [5, 5.41) is 0. The summed E-state index contributed by atoms with van der Waals surface area (Å²) < 4.78 is 165. The van der Waals surface area contributed by atoms with Gasteiger partial charge in [-0.1, -0.05) is 320 Å². The van der Waals surface area contributed by atoms with Gasteiger partial charge in [-0.2, -0.15) is 52.7 Å². The molecular weight excluding hydrogens is 997 g/mol. The molecule has 0 aromatic heterocycles. The lowest BCUT2D eigenvalue weighted by molar-refractivity contribution is -0.290. The van der Waals surface area contributed by atoms with Gasteiger partial charge in [-0.25, -0.2) is 0 Å². The van der Waals surface area contributed by atoms with Crippen LogP contribution in [0.25, 0.3) is 0 Å². The molecule has 4 aromatic rings. The molecule has 0 radical (unpaired) electrons. The van der Waals surface area contributed by atoms with Gasteiger partial charge in [-0.15, -0.1) is 0 Å². The molecule has 4 rings (SSSR count). The third kappa shape index (κ3) is 32.1. The Bertz CT molecular complexity index is 1530. The van der Waals surface area contributed by atoms with E-state index in [0.29, 0.717) is 22.3 Å². The topological polar surface area (TPSA) is 0 Å². The summed E-state index contributed by atoms with van der Waals surface area (Å²) in [6.45, 7) is 41.0. The molecule has 0 unspecified atom stereocenters. The smallest absolute Gasteiger partial charge is 0.169 e. The fourth-order valence-corrected chi connectivity index (χ4v) is 5.18. The van der Waals surface area contributed by atoms with E-state index in [1.807, 2.05) is 0 Å². The Kier molecular flexibility index (Phi) is 51.6. The van der Waals surface area contributed by atoms with Crippen LogP contribution in [0.15, 0.2) is 97.1 Å². The Hall–Kier alpha value is -3.96. The molecule has 0 aliphatic heterocycles. The Labute approximate surface area is 456 Å². The quantitative estimate of drug-likeness (QED) is 0.139. The predicted molar refractivity (Wildman–Crippen MR) is 306 cm³/mol. The minimum absolute atomic E-state index is 0.580. The third-order valence-corrected chi connectivity index (χ3v) is 10.6. The van der Waals surface area contributed by atoms with Crippen LogP contribution < -0.4 is 0 Å². The van der Waals surface area contributed by atoms with Crippen molar-refractivity contribution in [1.82, 2.24) is 0 Å². The molecule has 0 aliphatic rings. The van der Waals surface area contributed by atoms with Gasteiger partial charge in [0.1, 0.15) is 0 Å². The van der Waals surface area contributed by atoms with Crippen LogP contribution in [0, 0.1) is 27.7 Å². The summed E-state index contributed by atoms with van der Waals surface area (Å²) in [6.07, 6.45) is -3.79. The van der Waals surface area contributed by atoms with Gasteiger partial charge >= 0.3 is 24.7 Å². The van der Waals surface area contributed by atoms with Crippen LogP contribution in [0.2, 0.25) is 0 Å². The van der Waals surface area contributed by atoms with E-state index in [-0.39, 0.29) is 0 Å². The standard InChI is InChI=1S/2C17H14F6.6C4H10.2C3H8/c2*1-11-3-7-13(8-4-11)15(16(18,19)20,17(21,22)23)14-9-5-12(2)6-10-14;6*1-3-4-2;2*1-3-2/h2*3-10H,1-2H3;6*3-4H2,1-2H3;2*3H2,1-2H3. The monoisotopic (exact) mass is 1100 g/mol. The van der Waals surface area contributed by atoms with Gasteiger partial charge in [0.25, 0.3) is 0 Å². The van der Waals surface area contributed by atoms with Crippen LogP contribution in [0.4, 0.5) is 52.7 Å². The van der Waals surface area contributed by atoms with E-state index in [0.717, 1.165) is 48.5 Å². The predicted octanol–water partition coefficient (Wildman–Crippen LogP) is 25.1. The van der Waals surface area contributed by atoms with Gasteiger partial charge in [-0.3, -0.25) is 0 Å². The molecule has 0 atom stereocenters. The number of halogens is 12. The molecule has 0 saturated carbocycles. The SMILES string of the molecule is CCC.CCC.CCCC.CCCC.CCCC.CCCC.CCCC.CCCC.Cc1ccc(C(c2ccc(C)cc2)(C(F)(F)F)C(F)(F)F)cc1.Cc1ccc(C(c2ccc(C)cc2)(C(F)(F)F)C(F)(F)F)cc1. The summed E-state index contributed by atoms with van der Waals surface area (Å²) in [4.78, 5) is 0. The molecule has 0 fully saturated rings. The number of alkyl halides is 12. The van der Waals surface area contributed by atoms with E-state index in [4.69, 9.17) is 0 Å². The average molecular weight is 1100 g/mol. The zero-order valence-electron chi connectivity index (χ0n) is 50.7. The van der Waals surface area contributed by atoms with Crippen molar-refractivity contribution < 1.29 is 52.7 Å². The fourth-order valence-electron chi connectivity index (χ4n) is 5.18. The van der Waals surface area contributed by atoms with Crippen molar-refractivity contribution in [2.45, 2.75) is 264 Å². The molecule has 444 valence electrons. The number of hydrogen-bond acceptors (Lipinski definition) is 0. The Morgan fingerprint density at radius 3 is 0.368 bits per heavy atom. The molecule has 0 bridgehead atoms. The van der Waals surface area contributed by atoms with Crippen LogP contribution >= 0.6 is 0 Å². The number of hydrogen-bond donors (Lipinski definition) is 0. The Morgan fingerprint density at radius 2 is 0.303 bits per heavy atom. The molecule has 0 N–H and O–H groups in total. The Balaban J connectivity index is -0.000000212. The van der Waals surface area contributed by atoms with E-state index < -0.39 is 57.8 Å². The molecule has 0 aliphatic carbocycles. The van der Waals surface area contributed by atoms with Crippen molar-refractivity contribution in [2.75, 3.05) is 0 Å². The molecule has 0 saturated heterocycles. The molecule has 76 heavy (non-hydrogen) atoms. The van der Waals surface area contributed by atoms with Crippen LogP contribution in [-0.4, -0.2) is 24.7 Å². The van der Waals surface area contributed by atoms with Gasteiger partial charge in [0.15, 0.2) is 0 Å². The van der Waals surface area contributed by atoms with Gasteiger partial charge in [-0.05, 0) is 49.9 Å². The minimum atomic E-state index is -5.53. The van der Waals surface area contributed by atoms with Crippen molar-refractivity contribution >= 4 is 0 Å². The highest BCUT2D eigenvalue weighted by molar-refractivity contribution is 5.47. The first-order valence-corrected chi connectivity index (χ1v) is 27.9. The van der Waals surface area contributed by atoms with Crippen molar-refractivity contribution in [3.8, 4) is 0 Å². The van der Waals surface area contributed by atoms with Crippen LogP contribution in [0.5, 0.6) is 0 Å². The van der Waals surface area contributed by atoms with Crippen molar-refractivity contribution in [3.63, 3.8) is 0 Å². The number of benzene rings is 4. The maximum absolute atomic E-state index is 13.7. The first kappa shape index (κ1) is 83.4. The maximum atomic E-state index is 13.7. The van der Waals surface area contributed by atoms with E-state index in [9.17, 15) is 52.7 Å². The summed E-state index contributed by atoms with van der Waals surface area (Å²) >= 11 is 0. The first-order chi connectivity index (χ1) is 35.3. The van der Waals surface area contributed by atoms with Crippen LogP contribution in [-0.2, 0) is 10.8 Å². The normalized spacial score (nSPS) is 10.8. The van der Waals surface area contributed by atoms with Crippen molar-refractivity contribution in [2.24, 2.45) is 0 Å². The largest absolute Gasteiger partial charge is 0.411 e. The summed E-state index contributed by atoms with van der Waals surface area (Å²) in [5.41, 5.74) is -9.15. The number of rotatable bonds is 10. The first-order valence-electron chi connectivity index (χ1n) is 27.9. The van der Waals surface area contributed by atoms with E-state index >= 15 is 0 Å².